The van der Waals surface area contributed by atoms with Crippen molar-refractivity contribution in [2.45, 2.75) is 39.0 Å². The Labute approximate surface area is 181 Å². The van der Waals surface area contributed by atoms with Gasteiger partial charge in [0, 0.05) is 29.8 Å². The molecule has 2 aromatic rings. The molecule has 2 aliphatic rings. The second-order valence-corrected chi connectivity index (χ2v) is 8.36. The van der Waals surface area contributed by atoms with Gasteiger partial charge in [-0.1, -0.05) is 18.2 Å². The van der Waals surface area contributed by atoms with E-state index in [9.17, 15) is 14.4 Å². The van der Waals surface area contributed by atoms with Crippen LogP contribution in [-0.4, -0.2) is 24.7 Å². The van der Waals surface area contributed by atoms with Crippen molar-refractivity contribution in [2.24, 2.45) is 5.92 Å². The van der Waals surface area contributed by atoms with E-state index in [4.69, 9.17) is 4.74 Å². The molecule has 2 aromatic carbocycles. The third-order valence-corrected chi connectivity index (χ3v) is 5.93. The maximum Gasteiger partial charge on any atom is 0.232 e. The molecule has 0 saturated carbocycles. The molecule has 160 valence electrons. The van der Waals surface area contributed by atoms with Crippen molar-refractivity contribution in [1.29, 1.82) is 0 Å². The SMILES string of the molecule is COc1ccc([C@@H]2CC(=O)C3=C(C2)NC(=O)C[C@@H]3C(=O)Nc2cc(C)cc(C)c2)cc1. The molecule has 1 heterocycles. The molecule has 2 amide bonds. The van der Waals surface area contributed by atoms with Crippen molar-refractivity contribution >= 4 is 23.3 Å². The standard InChI is InChI=1S/C25H26N2O4/c1-14-8-15(2)10-18(9-14)26-25(30)20-13-23(29)27-21-11-17(12-22(28)24(20)21)16-4-6-19(31-3)7-5-16/h4-10,17,20H,11-13H2,1-3H3,(H,26,30)(H,27,29)/t17-,20-/m0/s1. The van der Waals surface area contributed by atoms with E-state index >= 15 is 0 Å². The lowest BCUT2D eigenvalue weighted by Gasteiger charge is -2.33. The highest BCUT2D eigenvalue weighted by Crippen LogP contribution is 2.39. The summed E-state index contributed by atoms with van der Waals surface area (Å²) in [5.74, 6) is -0.693. The summed E-state index contributed by atoms with van der Waals surface area (Å²) in [6, 6.07) is 13.4. The van der Waals surface area contributed by atoms with Crippen LogP contribution in [0.4, 0.5) is 5.69 Å². The van der Waals surface area contributed by atoms with E-state index in [0.717, 1.165) is 22.4 Å². The van der Waals surface area contributed by atoms with Gasteiger partial charge in [-0.2, -0.15) is 0 Å². The summed E-state index contributed by atoms with van der Waals surface area (Å²) in [6.45, 7) is 3.92. The molecule has 2 N–H and O–H groups in total. The Morgan fingerprint density at radius 2 is 1.68 bits per heavy atom. The monoisotopic (exact) mass is 418 g/mol. The lowest BCUT2D eigenvalue weighted by atomic mass is 9.75. The fraction of sp³-hybridized carbons (Fsp3) is 0.320. The highest BCUT2D eigenvalue weighted by molar-refractivity contribution is 6.09. The first-order valence-electron chi connectivity index (χ1n) is 10.4. The van der Waals surface area contributed by atoms with E-state index in [-0.39, 0.29) is 29.9 Å². The zero-order chi connectivity index (χ0) is 22.1. The molecule has 2 atom stereocenters. The van der Waals surface area contributed by atoms with Crippen molar-refractivity contribution in [3.63, 3.8) is 0 Å². The summed E-state index contributed by atoms with van der Waals surface area (Å²) in [5, 5.41) is 5.76. The van der Waals surface area contributed by atoms with Crippen LogP contribution in [0.15, 0.2) is 53.7 Å². The number of methoxy groups -OCH3 is 1. The Kier molecular flexibility index (Phi) is 5.63. The number of carbonyl (C=O) groups excluding carboxylic acids is 3. The van der Waals surface area contributed by atoms with Crippen molar-refractivity contribution < 1.29 is 19.1 Å². The number of carbonyl (C=O) groups is 3. The van der Waals surface area contributed by atoms with Crippen molar-refractivity contribution in [2.75, 3.05) is 12.4 Å². The molecule has 1 aliphatic heterocycles. The molecule has 0 saturated heterocycles. The minimum Gasteiger partial charge on any atom is -0.497 e. The van der Waals surface area contributed by atoms with Gasteiger partial charge < -0.3 is 15.4 Å². The quantitative estimate of drug-likeness (QED) is 0.791. The molecule has 0 radical (unpaired) electrons. The van der Waals surface area contributed by atoms with E-state index in [0.29, 0.717) is 29.8 Å². The van der Waals surface area contributed by atoms with E-state index < -0.39 is 5.92 Å². The molecule has 0 unspecified atom stereocenters. The van der Waals surface area contributed by atoms with Crippen molar-refractivity contribution in [3.05, 3.63) is 70.4 Å². The highest BCUT2D eigenvalue weighted by atomic mass is 16.5. The second kappa shape index (κ2) is 8.38. The van der Waals surface area contributed by atoms with Crippen LogP contribution in [0.3, 0.4) is 0 Å². The number of benzene rings is 2. The molecule has 0 aromatic heterocycles. The Bertz CT molecular complexity index is 1060. The lowest BCUT2D eigenvalue weighted by molar-refractivity contribution is -0.129. The molecule has 0 fully saturated rings. The minimum absolute atomic E-state index is 0.0194. The van der Waals surface area contributed by atoms with Crippen LogP contribution >= 0.6 is 0 Å². The number of ether oxygens (including phenoxy) is 1. The van der Waals surface area contributed by atoms with Crippen LogP contribution in [0.25, 0.3) is 0 Å². The van der Waals surface area contributed by atoms with Gasteiger partial charge in [0.1, 0.15) is 5.75 Å². The van der Waals surface area contributed by atoms with Gasteiger partial charge in [-0.3, -0.25) is 14.4 Å². The van der Waals surface area contributed by atoms with Crippen LogP contribution in [0.5, 0.6) is 5.75 Å². The van der Waals surface area contributed by atoms with Crippen LogP contribution < -0.4 is 15.4 Å². The predicted octanol–water partition coefficient (Wildman–Crippen LogP) is 3.79. The predicted molar refractivity (Wildman–Crippen MR) is 118 cm³/mol. The summed E-state index contributed by atoms with van der Waals surface area (Å²) in [4.78, 5) is 38.5. The zero-order valence-electron chi connectivity index (χ0n) is 18.0. The number of aryl methyl sites for hydroxylation is 2. The number of Topliss-reactive ketones (excluding diaryl/α,β-unsaturated/α-hetero) is 1. The molecule has 0 bridgehead atoms. The highest BCUT2D eigenvalue weighted by Gasteiger charge is 2.40. The van der Waals surface area contributed by atoms with Crippen LogP contribution in [-0.2, 0) is 14.4 Å². The molecule has 6 nitrogen and oxygen atoms in total. The number of anilines is 1. The molecular formula is C25H26N2O4. The van der Waals surface area contributed by atoms with Gasteiger partial charge in [-0.15, -0.1) is 0 Å². The number of allylic oxidation sites excluding steroid dienone is 1. The Morgan fingerprint density at radius 1 is 1.00 bits per heavy atom. The summed E-state index contributed by atoms with van der Waals surface area (Å²) in [5.41, 5.74) is 4.78. The smallest absolute Gasteiger partial charge is 0.232 e. The first-order valence-corrected chi connectivity index (χ1v) is 10.4. The fourth-order valence-corrected chi connectivity index (χ4v) is 4.57. The fourth-order valence-electron chi connectivity index (χ4n) is 4.57. The molecular weight excluding hydrogens is 392 g/mol. The van der Waals surface area contributed by atoms with Gasteiger partial charge in [-0.05, 0) is 67.1 Å². The van der Waals surface area contributed by atoms with Crippen LogP contribution in [0.2, 0.25) is 0 Å². The van der Waals surface area contributed by atoms with Gasteiger partial charge >= 0.3 is 0 Å². The van der Waals surface area contributed by atoms with Gasteiger partial charge in [0.05, 0.1) is 13.0 Å². The van der Waals surface area contributed by atoms with Crippen molar-refractivity contribution in [3.8, 4) is 5.75 Å². The first kappa shape index (κ1) is 20.8. The third kappa shape index (κ3) is 4.38. The number of hydrogen-bond acceptors (Lipinski definition) is 4. The summed E-state index contributed by atoms with van der Waals surface area (Å²) in [7, 11) is 1.61. The maximum atomic E-state index is 13.1. The van der Waals surface area contributed by atoms with Gasteiger partial charge in [0.25, 0.3) is 0 Å². The van der Waals surface area contributed by atoms with Gasteiger partial charge in [-0.25, -0.2) is 0 Å². The third-order valence-electron chi connectivity index (χ3n) is 5.93. The van der Waals surface area contributed by atoms with Gasteiger partial charge in [0.15, 0.2) is 5.78 Å². The summed E-state index contributed by atoms with van der Waals surface area (Å²) in [6.07, 6.45) is 0.815. The number of hydrogen-bond donors (Lipinski definition) is 2. The van der Waals surface area contributed by atoms with Crippen molar-refractivity contribution in [1.82, 2.24) is 5.32 Å². The summed E-state index contributed by atoms with van der Waals surface area (Å²) >= 11 is 0. The van der Waals surface area contributed by atoms with E-state index in [1.54, 1.807) is 7.11 Å². The number of ketones is 1. The Morgan fingerprint density at radius 3 is 2.32 bits per heavy atom. The molecule has 0 spiro atoms. The minimum atomic E-state index is -0.770. The van der Waals surface area contributed by atoms with E-state index in [2.05, 4.69) is 10.6 Å². The van der Waals surface area contributed by atoms with Crippen LogP contribution in [0, 0.1) is 19.8 Å². The summed E-state index contributed by atoms with van der Waals surface area (Å²) < 4.78 is 5.20. The molecule has 4 rings (SSSR count). The normalized spacial score (nSPS) is 20.7. The average Bonchev–Trinajstić information content (AvgIpc) is 2.72. The Balaban J connectivity index is 1.59. The lowest BCUT2D eigenvalue weighted by Crippen LogP contribution is -2.43. The average molecular weight is 418 g/mol. The zero-order valence-corrected chi connectivity index (χ0v) is 18.0. The first-order chi connectivity index (χ1) is 14.8. The largest absolute Gasteiger partial charge is 0.497 e. The second-order valence-electron chi connectivity index (χ2n) is 8.36. The molecule has 1 aliphatic carbocycles. The number of amides is 2. The van der Waals surface area contributed by atoms with Gasteiger partial charge in [0.2, 0.25) is 11.8 Å². The molecule has 31 heavy (non-hydrogen) atoms. The number of rotatable bonds is 4. The van der Waals surface area contributed by atoms with E-state index in [1.807, 2.05) is 56.3 Å². The number of nitrogens with one attached hydrogen (secondary N) is 2. The van der Waals surface area contributed by atoms with E-state index in [1.165, 1.54) is 0 Å². The molecule has 6 heteroatoms. The Hall–Kier alpha value is -3.41. The maximum absolute atomic E-state index is 13.1. The topological polar surface area (TPSA) is 84.5 Å². The van der Waals surface area contributed by atoms with Crippen LogP contribution in [0.1, 0.15) is 41.9 Å².